The molecule has 6 nitrogen and oxygen atoms in total. The summed E-state index contributed by atoms with van der Waals surface area (Å²) in [5.74, 6) is -0.258. The maximum atomic E-state index is 11.7. The number of rotatable bonds is 4. The minimum atomic E-state index is -0.612. The zero-order chi connectivity index (χ0) is 13.9. The number of benzene rings is 1. The Morgan fingerprint density at radius 3 is 2.61 bits per heavy atom. The lowest BCUT2D eigenvalue weighted by atomic mass is 10.0. The third kappa shape index (κ3) is 4.14. The molecule has 0 aliphatic carbocycles. The standard InChI is InChI=1S/C12H17N3O3/c1-8-4-5-9(15(17)18)6-10(8)14-11(16)7-12(2,3)13/h4-6H,7,13H2,1-3H3,(H,14,16). The van der Waals surface area contributed by atoms with Crippen molar-refractivity contribution in [3.63, 3.8) is 0 Å². The lowest BCUT2D eigenvalue weighted by Gasteiger charge is -2.18. The third-order valence-corrected chi connectivity index (χ3v) is 2.32. The van der Waals surface area contributed by atoms with Crippen molar-refractivity contribution in [1.29, 1.82) is 0 Å². The minimum Gasteiger partial charge on any atom is -0.326 e. The van der Waals surface area contributed by atoms with Gasteiger partial charge in [0.1, 0.15) is 0 Å². The van der Waals surface area contributed by atoms with E-state index in [-0.39, 0.29) is 18.0 Å². The highest BCUT2D eigenvalue weighted by Crippen LogP contribution is 2.22. The molecule has 0 aliphatic heterocycles. The lowest BCUT2D eigenvalue weighted by Crippen LogP contribution is -2.36. The lowest BCUT2D eigenvalue weighted by molar-refractivity contribution is -0.384. The SMILES string of the molecule is Cc1ccc([N+](=O)[O-])cc1NC(=O)CC(C)(C)N. The molecule has 3 N–H and O–H groups in total. The van der Waals surface area contributed by atoms with Gasteiger partial charge in [-0.1, -0.05) is 6.07 Å². The number of nitro groups is 1. The molecule has 0 saturated carbocycles. The van der Waals surface area contributed by atoms with Gasteiger partial charge in [0.05, 0.1) is 10.6 Å². The average molecular weight is 251 g/mol. The van der Waals surface area contributed by atoms with E-state index in [0.29, 0.717) is 5.69 Å². The van der Waals surface area contributed by atoms with Crippen LogP contribution in [0.3, 0.4) is 0 Å². The van der Waals surface area contributed by atoms with Crippen molar-refractivity contribution in [1.82, 2.24) is 0 Å². The first-order valence-electron chi connectivity index (χ1n) is 5.53. The number of amides is 1. The van der Waals surface area contributed by atoms with E-state index in [1.54, 1.807) is 26.8 Å². The Morgan fingerprint density at radius 2 is 2.11 bits per heavy atom. The first-order valence-corrected chi connectivity index (χ1v) is 5.53. The van der Waals surface area contributed by atoms with Gasteiger partial charge in [-0.3, -0.25) is 14.9 Å². The van der Waals surface area contributed by atoms with Crippen LogP contribution in [0.2, 0.25) is 0 Å². The van der Waals surface area contributed by atoms with Crippen LogP contribution in [0.1, 0.15) is 25.8 Å². The van der Waals surface area contributed by atoms with E-state index in [2.05, 4.69) is 5.32 Å². The molecule has 0 radical (unpaired) electrons. The van der Waals surface area contributed by atoms with E-state index in [1.807, 2.05) is 0 Å². The highest BCUT2D eigenvalue weighted by Gasteiger charge is 2.17. The number of carbonyl (C=O) groups is 1. The van der Waals surface area contributed by atoms with Crippen molar-refractivity contribution in [2.24, 2.45) is 5.73 Å². The van der Waals surface area contributed by atoms with Crippen molar-refractivity contribution in [3.05, 3.63) is 33.9 Å². The number of aryl methyl sites for hydroxylation is 1. The quantitative estimate of drug-likeness (QED) is 0.631. The summed E-state index contributed by atoms with van der Waals surface area (Å²) in [5.41, 5.74) is 6.28. The molecule has 0 bridgehead atoms. The zero-order valence-electron chi connectivity index (χ0n) is 10.7. The molecule has 0 aromatic heterocycles. The topological polar surface area (TPSA) is 98.3 Å². The van der Waals surface area contributed by atoms with Crippen molar-refractivity contribution in [2.45, 2.75) is 32.7 Å². The van der Waals surface area contributed by atoms with Gasteiger partial charge in [-0.25, -0.2) is 0 Å². The van der Waals surface area contributed by atoms with Gasteiger partial charge in [-0.2, -0.15) is 0 Å². The molecular formula is C12H17N3O3. The van der Waals surface area contributed by atoms with Crippen molar-refractivity contribution < 1.29 is 9.72 Å². The van der Waals surface area contributed by atoms with Crippen LogP contribution in [-0.2, 0) is 4.79 Å². The number of nitrogens with zero attached hydrogens (tertiary/aromatic N) is 1. The summed E-state index contributed by atoms with van der Waals surface area (Å²) in [6.45, 7) is 5.26. The summed E-state index contributed by atoms with van der Waals surface area (Å²) in [6, 6.07) is 4.34. The fourth-order valence-corrected chi connectivity index (χ4v) is 1.47. The van der Waals surface area contributed by atoms with Gasteiger partial charge in [-0.05, 0) is 26.3 Å². The van der Waals surface area contributed by atoms with Crippen LogP contribution in [0.25, 0.3) is 0 Å². The smallest absolute Gasteiger partial charge is 0.271 e. The summed E-state index contributed by atoms with van der Waals surface area (Å²) in [6.07, 6.45) is 0.148. The molecule has 0 atom stereocenters. The summed E-state index contributed by atoms with van der Waals surface area (Å²) in [5, 5.41) is 13.3. The predicted octanol–water partition coefficient (Wildman–Crippen LogP) is 1.97. The average Bonchev–Trinajstić information content (AvgIpc) is 2.18. The molecular weight excluding hydrogens is 234 g/mol. The molecule has 0 heterocycles. The van der Waals surface area contributed by atoms with E-state index >= 15 is 0 Å². The second kappa shape index (κ2) is 5.14. The fourth-order valence-electron chi connectivity index (χ4n) is 1.47. The Morgan fingerprint density at radius 1 is 1.50 bits per heavy atom. The van der Waals surface area contributed by atoms with Gasteiger partial charge in [0.25, 0.3) is 5.69 Å². The highest BCUT2D eigenvalue weighted by molar-refractivity contribution is 5.92. The van der Waals surface area contributed by atoms with Crippen LogP contribution in [-0.4, -0.2) is 16.4 Å². The number of nitrogens with two attached hydrogens (primary N) is 1. The maximum Gasteiger partial charge on any atom is 0.271 e. The Labute approximate surface area is 105 Å². The zero-order valence-corrected chi connectivity index (χ0v) is 10.7. The number of hydrogen-bond donors (Lipinski definition) is 2. The normalized spacial score (nSPS) is 11.1. The monoisotopic (exact) mass is 251 g/mol. The van der Waals surface area contributed by atoms with Gasteiger partial charge in [0, 0.05) is 24.1 Å². The minimum absolute atomic E-state index is 0.0529. The van der Waals surface area contributed by atoms with Crippen LogP contribution in [0.15, 0.2) is 18.2 Å². The summed E-state index contributed by atoms with van der Waals surface area (Å²) in [4.78, 5) is 21.9. The Bertz CT molecular complexity index is 478. The predicted molar refractivity (Wildman–Crippen MR) is 69.3 cm³/mol. The molecule has 0 unspecified atom stereocenters. The van der Waals surface area contributed by atoms with Gasteiger partial charge < -0.3 is 11.1 Å². The summed E-state index contributed by atoms with van der Waals surface area (Å²) in [7, 11) is 0. The molecule has 98 valence electrons. The molecule has 0 fully saturated rings. The van der Waals surface area contributed by atoms with Crippen LogP contribution >= 0.6 is 0 Å². The first kappa shape index (κ1) is 14.1. The maximum absolute atomic E-state index is 11.7. The molecule has 1 amide bonds. The summed E-state index contributed by atoms with van der Waals surface area (Å²) < 4.78 is 0. The Balaban J connectivity index is 2.87. The number of anilines is 1. The third-order valence-electron chi connectivity index (χ3n) is 2.32. The number of nitrogens with one attached hydrogen (secondary N) is 1. The molecule has 18 heavy (non-hydrogen) atoms. The van der Waals surface area contributed by atoms with Gasteiger partial charge >= 0.3 is 0 Å². The van der Waals surface area contributed by atoms with E-state index in [0.717, 1.165) is 5.56 Å². The molecule has 1 aromatic carbocycles. The number of hydrogen-bond acceptors (Lipinski definition) is 4. The molecule has 1 rings (SSSR count). The second-order valence-corrected chi connectivity index (χ2v) is 4.97. The molecule has 1 aromatic rings. The van der Waals surface area contributed by atoms with E-state index < -0.39 is 10.5 Å². The number of nitro benzene ring substituents is 1. The number of carbonyl (C=O) groups excluding carboxylic acids is 1. The van der Waals surface area contributed by atoms with Crippen molar-refractivity contribution in [2.75, 3.05) is 5.32 Å². The molecule has 6 heteroatoms. The van der Waals surface area contributed by atoms with Gasteiger partial charge in [0.2, 0.25) is 5.91 Å². The Hall–Kier alpha value is -1.95. The van der Waals surface area contributed by atoms with Crippen LogP contribution in [0.4, 0.5) is 11.4 Å². The number of non-ortho nitro benzene ring substituents is 1. The molecule has 0 aliphatic rings. The summed E-state index contributed by atoms with van der Waals surface area (Å²) >= 11 is 0. The second-order valence-electron chi connectivity index (χ2n) is 4.97. The van der Waals surface area contributed by atoms with Crippen molar-refractivity contribution in [3.8, 4) is 0 Å². The van der Waals surface area contributed by atoms with E-state index in [9.17, 15) is 14.9 Å². The fraction of sp³-hybridized carbons (Fsp3) is 0.417. The van der Waals surface area contributed by atoms with Gasteiger partial charge in [0.15, 0.2) is 0 Å². The highest BCUT2D eigenvalue weighted by atomic mass is 16.6. The van der Waals surface area contributed by atoms with E-state index in [4.69, 9.17) is 5.73 Å². The Kier molecular flexibility index (Phi) is 4.03. The first-order chi connectivity index (χ1) is 8.19. The van der Waals surface area contributed by atoms with Crippen LogP contribution < -0.4 is 11.1 Å². The van der Waals surface area contributed by atoms with Crippen LogP contribution in [0.5, 0.6) is 0 Å². The molecule has 0 spiro atoms. The van der Waals surface area contributed by atoms with Gasteiger partial charge in [-0.15, -0.1) is 0 Å². The van der Waals surface area contributed by atoms with E-state index in [1.165, 1.54) is 12.1 Å². The molecule has 0 saturated heterocycles. The largest absolute Gasteiger partial charge is 0.326 e. The van der Waals surface area contributed by atoms with Crippen molar-refractivity contribution >= 4 is 17.3 Å². The van der Waals surface area contributed by atoms with Crippen LogP contribution in [0, 0.1) is 17.0 Å².